The molecule has 6 heteroatoms. The van der Waals surface area contributed by atoms with Gasteiger partial charge < -0.3 is 11.1 Å². The highest BCUT2D eigenvalue weighted by Crippen LogP contribution is 2.04. The topological polar surface area (TPSA) is 58.4 Å². The van der Waals surface area contributed by atoms with E-state index in [9.17, 15) is 9.18 Å². The first kappa shape index (κ1) is 20.1. The molecule has 0 aliphatic rings. The van der Waals surface area contributed by atoms with Crippen molar-refractivity contribution < 1.29 is 9.18 Å². The molecule has 2 aromatic rings. The number of nitrogens with zero attached hydrogens (tertiary/aromatic N) is 1. The van der Waals surface area contributed by atoms with Crippen LogP contribution in [-0.2, 0) is 17.9 Å². The van der Waals surface area contributed by atoms with E-state index in [-0.39, 0.29) is 30.7 Å². The molecule has 0 spiro atoms. The fourth-order valence-corrected chi connectivity index (χ4v) is 2.30. The molecule has 0 heterocycles. The number of hydrogen-bond donors (Lipinski definition) is 2. The van der Waals surface area contributed by atoms with Gasteiger partial charge >= 0.3 is 0 Å². The molecule has 0 aliphatic carbocycles. The van der Waals surface area contributed by atoms with Crippen molar-refractivity contribution in [2.45, 2.75) is 13.1 Å². The smallest absolute Gasteiger partial charge is 0.234 e. The van der Waals surface area contributed by atoms with Crippen molar-refractivity contribution in [1.29, 1.82) is 0 Å². The van der Waals surface area contributed by atoms with Gasteiger partial charge in [0.25, 0.3) is 0 Å². The minimum Gasteiger partial charge on any atom is -0.351 e. The maximum absolute atomic E-state index is 12.8. The number of hydrogen-bond acceptors (Lipinski definition) is 3. The average Bonchev–Trinajstić information content (AvgIpc) is 2.55. The van der Waals surface area contributed by atoms with Gasteiger partial charge in [-0.05, 0) is 23.3 Å². The van der Waals surface area contributed by atoms with Gasteiger partial charge in [-0.2, -0.15) is 0 Å². The SMILES string of the molecule is Cl.NCCN(CC(=O)NCc1ccc(F)cc1)Cc1ccccc1. The maximum Gasteiger partial charge on any atom is 0.234 e. The number of nitrogens with two attached hydrogens (primary N) is 1. The molecule has 1 amide bonds. The molecule has 130 valence electrons. The molecular formula is C18H23ClFN3O. The number of halogens is 2. The molecule has 0 saturated carbocycles. The van der Waals surface area contributed by atoms with Crippen LogP contribution in [0.3, 0.4) is 0 Å². The molecule has 2 rings (SSSR count). The number of amides is 1. The van der Waals surface area contributed by atoms with Crippen molar-refractivity contribution in [2.24, 2.45) is 5.73 Å². The summed E-state index contributed by atoms with van der Waals surface area (Å²) in [5.74, 6) is -0.351. The van der Waals surface area contributed by atoms with E-state index in [1.54, 1.807) is 12.1 Å². The summed E-state index contributed by atoms with van der Waals surface area (Å²) in [6.45, 7) is 2.51. The second-order valence-electron chi connectivity index (χ2n) is 5.39. The first-order valence-corrected chi connectivity index (χ1v) is 7.65. The summed E-state index contributed by atoms with van der Waals surface area (Å²) in [6.07, 6.45) is 0. The molecule has 0 aromatic heterocycles. The van der Waals surface area contributed by atoms with Gasteiger partial charge in [0.15, 0.2) is 0 Å². The quantitative estimate of drug-likeness (QED) is 0.767. The zero-order chi connectivity index (χ0) is 16.5. The highest BCUT2D eigenvalue weighted by atomic mass is 35.5. The van der Waals surface area contributed by atoms with Crippen molar-refractivity contribution >= 4 is 18.3 Å². The van der Waals surface area contributed by atoms with E-state index >= 15 is 0 Å². The summed E-state index contributed by atoms with van der Waals surface area (Å²) < 4.78 is 12.8. The first-order valence-electron chi connectivity index (χ1n) is 7.65. The summed E-state index contributed by atoms with van der Waals surface area (Å²) >= 11 is 0. The molecule has 0 aliphatic heterocycles. The summed E-state index contributed by atoms with van der Waals surface area (Å²) in [5, 5.41) is 2.85. The second kappa shape index (κ2) is 10.8. The summed E-state index contributed by atoms with van der Waals surface area (Å²) in [7, 11) is 0. The van der Waals surface area contributed by atoms with Gasteiger partial charge in [0.1, 0.15) is 5.82 Å². The zero-order valence-corrected chi connectivity index (χ0v) is 14.3. The molecule has 3 N–H and O–H groups in total. The predicted molar refractivity (Wildman–Crippen MR) is 96.3 cm³/mol. The fourth-order valence-electron chi connectivity index (χ4n) is 2.30. The van der Waals surface area contributed by atoms with Crippen LogP contribution in [-0.4, -0.2) is 30.4 Å². The van der Waals surface area contributed by atoms with Crippen LogP contribution in [0, 0.1) is 5.82 Å². The van der Waals surface area contributed by atoms with E-state index < -0.39 is 0 Å². The Hall–Kier alpha value is -1.95. The minimum atomic E-state index is -0.281. The van der Waals surface area contributed by atoms with Gasteiger partial charge in [0, 0.05) is 26.2 Å². The zero-order valence-electron chi connectivity index (χ0n) is 13.5. The van der Waals surface area contributed by atoms with Crippen LogP contribution < -0.4 is 11.1 Å². The first-order chi connectivity index (χ1) is 11.2. The molecule has 0 radical (unpaired) electrons. The van der Waals surface area contributed by atoms with E-state index in [0.29, 0.717) is 26.2 Å². The number of carbonyl (C=O) groups excluding carboxylic acids is 1. The van der Waals surface area contributed by atoms with Crippen LogP contribution in [0.15, 0.2) is 54.6 Å². The largest absolute Gasteiger partial charge is 0.351 e. The Kier molecular flexibility index (Phi) is 9.01. The Bertz CT molecular complexity index is 607. The lowest BCUT2D eigenvalue weighted by atomic mass is 10.2. The van der Waals surface area contributed by atoms with Crippen LogP contribution in [0.2, 0.25) is 0 Å². The van der Waals surface area contributed by atoms with Crippen LogP contribution in [0.5, 0.6) is 0 Å². The molecule has 0 unspecified atom stereocenters. The lowest BCUT2D eigenvalue weighted by Gasteiger charge is -2.21. The van der Waals surface area contributed by atoms with Gasteiger partial charge in [-0.15, -0.1) is 12.4 Å². The second-order valence-corrected chi connectivity index (χ2v) is 5.39. The number of rotatable bonds is 8. The molecule has 0 atom stereocenters. The standard InChI is InChI=1S/C18H22FN3O.ClH/c19-17-8-6-15(7-9-17)12-21-18(23)14-22(11-10-20)13-16-4-2-1-3-5-16;/h1-9H,10-14,20H2,(H,21,23);1H. The lowest BCUT2D eigenvalue weighted by Crippen LogP contribution is -2.39. The predicted octanol–water partition coefficient (Wildman–Crippen LogP) is 2.32. The van der Waals surface area contributed by atoms with E-state index in [1.807, 2.05) is 35.2 Å². The monoisotopic (exact) mass is 351 g/mol. The average molecular weight is 352 g/mol. The third kappa shape index (κ3) is 7.08. The summed E-state index contributed by atoms with van der Waals surface area (Å²) in [6, 6.07) is 16.1. The number of nitrogens with one attached hydrogen (secondary N) is 1. The minimum absolute atomic E-state index is 0. The van der Waals surface area contributed by atoms with Gasteiger partial charge in [0.05, 0.1) is 6.54 Å². The maximum atomic E-state index is 12.8. The van der Waals surface area contributed by atoms with Gasteiger partial charge in [-0.1, -0.05) is 42.5 Å². The van der Waals surface area contributed by atoms with Crippen molar-refractivity contribution in [2.75, 3.05) is 19.6 Å². The van der Waals surface area contributed by atoms with Crippen molar-refractivity contribution in [3.05, 3.63) is 71.5 Å². The normalized spacial score (nSPS) is 10.3. The Morgan fingerprint density at radius 3 is 2.33 bits per heavy atom. The van der Waals surface area contributed by atoms with Crippen molar-refractivity contribution in [3.63, 3.8) is 0 Å². The van der Waals surface area contributed by atoms with Crippen LogP contribution in [0.4, 0.5) is 4.39 Å². The van der Waals surface area contributed by atoms with Gasteiger partial charge in [0.2, 0.25) is 5.91 Å². The van der Waals surface area contributed by atoms with E-state index in [2.05, 4.69) is 5.32 Å². The van der Waals surface area contributed by atoms with Crippen LogP contribution >= 0.6 is 12.4 Å². The molecule has 4 nitrogen and oxygen atoms in total. The third-order valence-electron chi connectivity index (χ3n) is 3.46. The van der Waals surface area contributed by atoms with E-state index in [0.717, 1.165) is 11.1 Å². The third-order valence-corrected chi connectivity index (χ3v) is 3.46. The summed E-state index contributed by atoms with van der Waals surface area (Å²) in [5.41, 5.74) is 7.64. The highest BCUT2D eigenvalue weighted by molar-refractivity contribution is 5.85. The number of carbonyl (C=O) groups is 1. The van der Waals surface area contributed by atoms with Crippen molar-refractivity contribution in [1.82, 2.24) is 10.2 Å². The van der Waals surface area contributed by atoms with Crippen LogP contribution in [0.1, 0.15) is 11.1 Å². The molecular weight excluding hydrogens is 329 g/mol. The van der Waals surface area contributed by atoms with Crippen LogP contribution in [0.25, 0.3) is 0 Å². The molecule has 0 bridgehead atoms. The summed E-state index contributed by atoms with van der Waals surface area (Å²) in [4.78, 5) is 14.1. The Morgan fingerprint density at radius 1 is 1.04 bits per heavy atom. The fraction of sp³-hybridized carbons (Fsp3) is 0.278. The highest BCUT2D eigenvalue weighted by Gasteiger charge is 2.10. The number of benzene rings is 2. The molecule has 24 heavy (non-hydrogen) atoms. The van der Waals surface area contributed by atoms with E-state index in [4.69, 9.17) is 5.73 Å². The molecule has 0 saturated heterocycles. The Morgan fingerprint density at radius 2 is 1.71 bits per heavy atom. The van der Waals surface area contributed by atoms with E-state index in [1.165, 1.54) is 12.1 Å². The Labute approximate surface area is 148 Å². The molecule has 0 fully saturated rings. The van der Waals surface area contributed by atoms with Gasteiger partial charge in [-0.3, -0.25) is 9.69 Å². The van der Waals surface area contributed by atoms with Crippen molar-refractivity contribution in [3.8, 4) is 0 Å². The lowest BCUT2D eigenvalue weighted by molar-refractivity contribution is -0.122. The van der Waals surface area contributed by atoms with Gasteiger partial charge in [-0.25, -0.2) is 4.39 Å². The molecule has 2 aromatic carbocycles. The Balaban J connectivity index is 0.00000288.